The normalized spacial score (nSPS) is 12.7. The molecule has 0 amide bonds. The second-order valence-electron chi connectivity index (χ2n) is 3.92. The van der Waals surface area contributed by atoms with Crippen molar-refractivity contribution in [2.45, 2.75) is 13.0 Å². The Kier molecular flexibility index (Phi) is 5.11. The Morgan fingerprint density at radius 1 is 1.21 bits per heavy atom. The number of benzene rings is 1. The largest absolute Gasteiger partial charge is 0.306 e. The zero-order chi connectivity index (χ0) is 14.0. The van der Waals surface area contributed by atoms with Gasteiger partial charge < -0.3 is 5.32 Å². The summed E-state index contributed by atoms with van der Waals surface area (Å²) in [4.78, 5) is 0.939. The summed E-state index contributed by atoms with van der Waals surface area (Å²) in [6, 6.07) is 5.86. The molecule has 1 aromatic carbocycles. The maximum atomic E-state index is 14.1. The van der Waals surface area contributed by atoms with Gasteiger partial charge in [-0.25, -0.2) is 8.78 Å². The highest BCUT2D eigenvalue weighted by atomic mass is 79.9. The van der Waals surface area contributed by atoms with Crippen LogP contribution in [0.2, 0.25) is 0 Å². The third kappa shape index (κ3) is 3.42. The van der Waals surface area contributed by atoms with Crippen molar-refractivity contribution in [1.29, 1.82) is 0 Å². The fourth-order valence-electron chi connectivity index (χ4n) is 1.81. The van der Waals surface area contributed by atoms with E-state index in [4.69, 9.17) is 0 Å². The second-order valence-corrected chi connectivity index (χ2v) is 7.27. The van der Waals surface area contributed by atoms with Gasteiger partial charge in [-0.1, -0.05) is 6.92 Å². The number of halogens is 4. The molecule has 2 rings (SSSR count). The van der Waals surface area contributed by atoms with E-state index in [0.717, 1.165) is 14.7 Å². The maximum Gasteiger partial charge on any atom is 0.137 e. The van der Waals surface area contributed by atoms with Gasteiger partial charge in [0.25, 0.3) is 0 Å². The van der Waals surface area contributed by atoms with Crippen molar-refractivity contribution >= 4 is 43.2 Å². The molecule has 1 nitrogen and oxygen atoms in total. The first-order valence-electron chi connectivity index (χ1n) is 5.66. The highest BCUT2D eigenvalue weighted by Gasteiger charge is 2.20. The quantitative estimate of drug-likeness (QED) is 0.678. The fourth-order valence-corrected chi connectivity index (χ4v) is 3.64. The Morgan fingerprint density at radius 2 is 1.95 bits per heavy atom. The molecule has 1 N–H and O–H groups in total. The summed E-state index contributed by atoms with van der Waals surface area (Å²) in [6.07, 6.45) is 0. The molecule has 6 heteroatoms. The number of hydrogen-bond donors (Lipinski definition) is 1. The first kappa shape index (κ1) is 15.1. The van der Waals surface area contributed by atoms with Gasteiger partial charge >= 0.3 is 0 Å². The van der Waals surface area contributed by atoms with Crippen LogP contribution >= 0.6 is 43.2 Å². The Bertz CT molecular complexity index is 586. The van der Waals surface area contributed by atoms with E-state index in [9.17, 15) is 8.78 Å². The highest BCUT2D eigenvalue weighted by molar-refractivity contribution is 9.11. The van der Waals surface area contributed by atoms with Crippen LogP contribution in [0.15, 0.2) is 32.5 Å². The summed E-state index contributed by atoms with van der Waals surface area (Å²) in [7, 11) is 0. The van der Waals surface area contributed by atoms with Crippen LogP contribution in [0.3, 0.4) is 0 Å². The number of rotatable bonds is 4. The molecule has 2 aromatic rings. The molecular weight excluding hydrogens is 400 g/mol. The number of thiophene rings is 1. The van der Waals surface area contributed by atoms with Crippen molar-refractivity contribution in [2.24, 2.45) is 0 Å². The summed E-state index contributed by atoms with van der Waals surface area (Å²) in [5.74, 6) is -0.890. The SMILES string of the molecule is CCNC(c1ccc(Br)s1)c1cc(F)c(Br)cc1F. The second kappa shape index (κ2) is 6.43. The minimum Gasteiger partial charge on any atom is -0.306 e. The van der Waals surface area contributed by atoms with Crippen LogP contribution in [-0.2, 0) is 0 Å². The van der Waals surface area contributed by atoms with Crippen molar-refractivity contribution < 1.29 is 8.78 Å². The van der Waals surface area contributed by atoms with Gasteiger partial charge in [0.15, 0.2) is 0 Å². The zero-order valence-electron chi connectivity index (χ0n) is 10.0. The van der Waals surface area contributed by atoms with E-state index in [1.165, 1.54) is 17.4 Å². The van der Waals surface area contributed by atoms with Gasteiger partial charge in [0, 0.05) is 10.4 Å². The first-order chi connectivity index (χ1) is 9.02. The van der Waals surface area contributed by atoms with Gasteiger partial charge in [0.2, 0.25) is 0 Å². The lowest BCUT2D eigenvalue weighted by atomic mass is 10.0. The smallest absolute Gasteiger partial charge is 0.137 e. The van der Waals surface area contributed by atoms with Gasteiger partial charge in [-0.05, 0) is 62.7 Å². The summed E-state index contributed by atoms with van der Waals surface area (Å²) in [6.45, 7) is 2.60. The molecule has 0 bridgehead atoms. The van der Waals surface area contributed by atoms with E-state index in [0.29, 0.717) is 12.1 Å². The predicted octanol–water partition coefficient (Wildman–Crippen LogP) is 5.25. The third-order valence-corrected chi connectivity index (χ3v) is 4.93. The molecule has 1 heterocycles. The van der Waals surface area contributed by atoms with E-state index >= 15 is 0 Å². The molecule has 1 unspecified atom stereocenters. The van der Waals surface area contributed by atoms with Gasteiger partial charge in [-0.3, -0.25) is 0 Å². The molecule has 0 fully saturated rings. The van der Waals surface area contributed by atoms with Crippen LogP contribution in [0.4, 0.5) is 8.78 Å². The average Bonchev–Trinajstić information content (AvgIpc) is 2.78. The van der Waals surface area contributed by atoms with Crippen LogP contribution in [0.1, 0.15) is 23.4 Å². The number of nitrogens with one attached hydrogen (secondary N) is 1. The molecule has 0 aliphatic rings. The molecule has 102 valence electrons. The molecule has 0 spiro atoms. The summed E-state index contributed by atoms with van der Waals surface area (Å²) < 4.78 is 28.8. The van der Waals surface area contributed by atoms with Crippen LogP contribution in [-0.4, -0.2) is 6.54 Å². The minimum atomic E-state index is -0.463. The average molecular weight is 411 g/mol. The molecule has 0 aliphatic carbocycles. The minimum absolute atomic E-state index is 0.136. The monoisotopic (exact) mass is 409 g/mol. The number of hydrogen-bond acceptors (Lipinski definition) is 2. The molecule has 0 radical (unpaired) electrons. The Hall–Kier alpha value is -0.300. The van der Waals surface area contributed by atoms with E-state index in [1.807, 2.05) is 19.1 Å². The molecular formula is C13H11Br2F2NS. The van der Waals surface area contributed by atoms with Crippen molar-refractivity contribution in [2.75, 3.05) is 6.54 Å². The molecule has 19 heavy (non-hydrogen) atoms. The lowest BCUT2D eigenvalue weighted by molar-refractivity contribution is 0.545. The van der Waals surface area contributed by atoms with Crippen LogP contribution < -0.4 is 5.32 Å². The van der Waals surface area contributed by atoms with Gasteiger partial charge in [0.05, 0.1) is 14.3 Å². The van der Waals surface area contributed by atoms with Crippen LogP contribution in [0.25, 0.3) is 0 Å². The summed E-state index contributed by atoms with van der Waals surface area (Å²) in [5.41, 5.74) is 0.317. The highest BCUT2D eigenvalue weighted by Crippen LogP contribution is 2.33. The van der Waals surface area contributed by atoms with Crippen molar-refractivity contribution in [3.05, 3.63) is 54.6 Å². The van der Waals surface area contributed by atoms with E-state index in [1.54, 1.807) is 0 Å². The summed E-state index contributed by atoms with van der Waals surface area (Å²) in [5, 5.41) is 3.18. The first-order valence-corrected chi connectivity index (χ1v) is 8.06. The lowest BCUT2D eigenvalue weighted by Gasteiger charge is -2.18. The van der Waals surface area contributed by atoms with Crippen LogP contribution in [0, 0.1) is 11.6 Å². The zero-order valence-corrected chi connectivity index (χ0v) is 14.0. The van der Waals surface area contributed by atoms with E-state index < -0.39 is 11.6 Å². The van der Waals surface area contributed by atoms with Crippen molar-refractivity contribution in [3.63, 3.8) is 0 Å². The van der Waals surface area contributed by atoms with Crippen LogP contribution in [0.5, 0.6) is 0 Å². The molecule has 0 saturated carbocycles. The van der Waals surface area contributed by atoms with Gasteiger partial charge in [-0.15, -0.1) is 11.3 Å². The topological polar surface area (TPSA) is 12.0 Å². The standard InChI is InChI=1S/C13H11Br2F2NS/c1-2-18-13(11-3-4-12(15)19-11)7-5-10(17)8(14)6-9(7)16/h3-6,13,18H,2H2,1H3. The van der Waals surface area contributed by atoms with E-state index in [2.05, 4.69) is 37.2 Å². The fraction of sp³-hybridized carbons (Fsp3) is 0.231. The molecule has 1 aromatic heterocycles. The van der Waals surface area contributed by atoms with Crippen molar-refractivity contribution in [3.8, 4) is 0 Å². The summed E-state index contributed by atoms with van der Waals surface area (Å²) >= 11 is 7.88. The molecule has 1 atom stereocenters. The predicted molar refractivity (Wildman–Crippen MR) is 81.6 cm³/mol. The third-order valence-electron chi connectivity index (χ3n) is 2.64. The lowest BCUT2D eigenvalue weighted by Crippen LogP contribution is -2.22. The van der Waals surface area contributed by atoms with Crippen molar-refractivity contribution in [1.82, 2.24) is 5.32 Å². The Morgan fingerprint density at radius 3 is 2.53 bits per heavy atom. The molecule has 0 aliphatic heterocycles. The molecule has 0 saturated heterocycles. The Labute approximate surface area is 131 Å². The maximum absolute atomic E-state index is 14.1. The van der Waals surface area contributed by atoms with E-state index in [-0.39, 0.29) is 10.5 Å². The van der Waals surface area contributed by atoms with Gasteiger partial charge in [0.1, 0.15) is 11.6 Å². The van der Waals surface area contributed by atoms with Gasteiger partial charge in [-0.2, -0.15) is 0 Å². The Balaban J connectivity index is 2.47.